The van der Waals surface area contributed by atoms with E-state index in [-0.39, 0.29) is 0 Å². The molecule has 40 valence electrons. The van der Waals surface area contributed by atoms with E-state index in [4.69, 9.17) is 0 Å². The second-order valence-electron chi connectivity index (χ2n) is 0.761. The molecule has 0 aromatic carbocycles. The summed E-state index contributed by atoms with van der Waals surface area (Å²) in [4.78, 5) is 0. The summed E-state index contributed by atoms with van der Waals surface area (Å²) in [5.41, 5.74) is 2.50. The monoisotopic (exact) mass is 134 g/mol. The number of nitrogens with zero attached hydrogens (tertiary/aromatic N) is 1. The molecule has 0 saturated carbocycles. The first-order valence-electron chi connectivity index (χ1n) is 1.61. The van der Waals surface area contributed by atoms with E-state index in [1.54, 1.807) is 0 Å². The third kappa shape index (κ3) is 3.75. The van der Waals surface area contributed by atoms with Crippen molar-refractivity contribution in [2.75, 3.05) is 6.26 Å². The maximum absolute atomic E-state index is 4.67. The molecule has 0 aliphatic heterocycles. The normalized spacial score (nSPS) is 7.57. The fourth-order valence-electron chi connectivity index (χ4n) is 0.110. The van der Waals surface area contributed by atoms with Gasteiger partial charge in [-0.05, 0) is 6.26 Å². The molecular formula is C3H6N2S2. The van der Waals surface area contributed by atoms with Crippen LogP contribution in [0.25, 0.3) is 0 Å². The third-order valence-corrected chi connectivity index (χ3v) is 1.41. The molecule has 0 heterocycles. The summed E-state index contributed by atoms with van der Waals surface area (Å²) in [6.07, 6.45) is 1.88. The molecule has 4 heteroatoms. The van der Waals surface area contributed by atoms with E-state index in [1.165, 1.54) is 11.8 Å². The first-order valence-corrected chi connectivity index (χ1v) is 3.24. The van der Waals surface area contributed by atoms with Gasteiger partial charge in [0.1, 0.15) is 0 Å². The average Bonchev–Trinajstić information content (AvgIpc) is 1.68. The molecule has 0 bridgehead atoms. The van der Waals surface area contributed by atoms with Gasteiger partial charge in [0.25, 0.3) is 0 Å². The number of rotatable bonds is 1. The van der Waals surface area contributed by atoms with Crippen molar-refractivity contribution in [1.29, 1.82) is 0 Å². The minimum atomic E-state index is 0.648. The van der Waals surface area contributed by atoms with E-state index >= 15 is 0 Å². The highest BCUT2D eigenvalue weighted by Crippen LogP contribution is 1.91. The van der Waals surface area contributed by atoms with Gasteiger partial charge in [-0.1, -0.05) is 24.0 Å². The molecule has 0 aromatic heterocycles. The van der Waals surface area contributed by atoms with Crippen LogP contribution in [0.1, 0.15) is 0 Å². The number of hydrogen-bond donors (Lipinski definition) is 1. The summed E-state index contributed by atoms with van der Waals surface area (Å²) >= 11 is 6.11. The lowest BCUT2D eigenvalue weighted by Gasteiger charge is -1.92. The average molecular weight is 134 g/mol. The van der Waals surface area contributed by atoms with Crippen molar-refractivity contribution >= 4 is 35.0 Å². The molecular weight excluding hydrogens is 128 g/mol. The first-order chi connectivity index (χ1) is 3.31. The fourth-order valence-corrected chi connectivity index (χ4v) is 0.331. The Labute approximate surface area is 52.4 Å². The summed E-state index contributed by atoms with van der Waals surface area (Å²) < 4.78 is 0.648. The lowest BCUT2D eigenvalue weighted by atomic mass is 11.4. The molecule has 0 spiro atoms. The van der Waals surface area contributed by atoms with Crippen LogP contribution in [0.3, 0.4) is 0 Å². The van der Waals surface area contributed by atoms with E-state index in [2.05, 4.69) is 29.5 Å². The van der Waals surface area contributed by atoms with E-state index in [9.17, 15) is 0 Å². The standard InChI is InChI=1S/C3H6N2S2/c1-4-5-3(6)7-2/h1H2,2H3,(H,5,6). The lowest BCUT2D eigenvalue weighted by Crippen LogP contribution is -2.08. The van der Waals surface area contributed by atoms with Crippen molar-refractivity contribution in [2.45, 2.75) is 0 Å². The van der Waals surface area contributed by atoms with Crippen molar-refractivity contribution in [3.8, 4) is 0 Å². The Morgan fingerprint density at radius 2 is 2.57 bits per heavy atom. The number of nitrogens with one attached hydrogen (secondary N) is 1. The van der Waals surface area contributed by atoms with Crippen LogP contribution in [0.5, 0.6) is 0 Å². The van der Waals surface area contributed by atoms with Crippen molar-refractivity contribution < 1.29 is 0 Å². The Balaban J connectivity index is 3.17. The number of hydrazone groups is 1. The molecule has 0 fully saturated rings. The van der Waals surface area contributed by atoms with Gasteiger partial charge in [-0.15, -0.1) is 0 Å². The smallest absolute Gasteiger partial charge is 0.153 e. The van der Waals surface area contributed by atoms with Crippen molar-refractivity contribution in [1.82, 2.24) is 5.43 Å². The zero-order valence-corrected chi connectivity index (χ0v) is 5.60. The maximum atomic E-state index is 4.67. The first kappa shape index (κ1) is 6.91. The van der Waals surface area contributed by atoms with E-state index in [0.717, 1.165) is 0 Å². The van der Waals surface area contributed by atoms with Crippen LogP contribution in [0.2, 0.25) is 0 Å². The van der Waals surface area contributed by atoms with E-state index in [1.807, 2.05) is 6.26 Å². The fraction of sp³-hybridized carbons (Fsp3) is 0.333. The molecule has 0 saturated heterocycles. The summed E-state index contributed by atoms with van der Waals surface area (Å²) in [5, 5.41) is 3.34. The summed E-state index contributed by atoms with van der Waals surface area (Å²) in [6, 6.07) is 0. The topological polar surface area (TPSA) is 24.4 Å². The largest absolute Gasteiger partial charge is 0.263 e. The molecule has 0 aromatic rings. The number of hydrogen-bond acceptors (Lipinski definition) is 3. The molecule has 0 unspecified atom stereocenters. The Kier molecular flexibility index (Phi) is 4.03. The predicted molar refractivity (Wildman–Crippen MR) is 38.8 cm³/mol. The van der Waals surface area contributed by atoms with Crippen molar-refractivity contribution in [2.24, 2.45) is 5.10 Å². The van der Waals surface area contributed by atoms with Gasteiger partial charge in [0.2, 0.25) is 0 Å². The van der Waals surface area contributed by atoms with Gasteiger partial charge < -0.3 is 0 Å². The molecule has 2 nitrogen and oxygen atoms in total. The molecule has 0 atom stereocenters. The van der Waals surface area contributed by atoms with Gasteiger partial charge in [-0.3, -0.25) is 5.43 Å². The minimum Gasteiger partial charge on any atom is -0.263 e. The van der Waals surface area contributed by atoms with Crippen molar-refractivity contribution in [3.05, 3.63) is 0 Å². The zero-order chi connectivity index (χ0) is 5.70. The van der Waals surface area contributed by atoms with Crippen LogP contribution in [-0.2, 0) is 0 Å². The molecule has 7 heavy (non-hydrogen) atoms. The molecule has 0 amide bonds. The summed E-state index contributed by atoms with van der Waals surface area (Å²) in [6.45, 7) is 3.19. The van der Waals surface area contributed by atoms with Crippen molar-refractivity contribution in [3.63, 3.8) is 0 Å². The second kappa shape index (κ2) is 4.08. The highest BCUT2D eigenvalue weighted by Gasteiger charge is 1.82. The second-order valence-corrected chi connectivity index (χ2v) is 2.24. The van der Waals surface area contributed by atoms with Crippen LogP contribution >= 0.6 is 24.0 Å². The van der Waals surface area contributed by atoms with Gasteiger partial charge in [0.05, 0.1) is 0 Å². The van der Waals surface area contributed by atoms with Crippen LogP contribution in [0.4, 0.5) is 0 Å². The number of thiocarbonyl (C=S) groups is 1. The summed E-state index contributed by atoms with van der Waals surface area (Å²) in [5.74, 6) is 0. The van der Waals surface area contributed by atoms with E-state index < -0.39 is 0 Å². The quantitative estimate of drug-likeness (QED) is 0.327. The van der Waals surface area contributed by atoms with Gasteiger partial charge in [0, 0.05) is 6.72 Å². The highest BCUT2D eigenvalue weighted by molar-refractivity contribution is 8.22. The van der Waals surface area contributed by atoms with Crippen LogP contribution in [0.15, 0.2) is 5.10 Å². The van der Waals surface area contributed by atoms with Crippen LogP contribution in [-0.4, -0.2) is 17.3 Å². The molecule has 1 N–H and O–H groups in total. The maximum Gasteiger partial charge on any atom is 0.153 e. The molecule has 0 radical (unpaired) electrons. The van der Waals surface area contributed by atoms with Gasteiger partial charge >= 0.3 is 0 Å². The van der Waals surface area contributed by atoms with Crippen LogP contribution < -0.4 is 5.43 Å². The van der Waals surface area contributed by atoms with Gasteiger partial charge in [-0.25, -0.2) is 0 Å². The predicted octanol–water partition coefficient (Wildman–Crippen LogP) is 0.839. The Morgan fingerprint density at radius 1 is 2.00 bits per heavy atom. The molecule has 0 rings (SSSR count). The van der Waals surface area contributed by atoms with Gasteiger partial charge in [-0.2, -0.15) is 5.10 Å². The number of thioether (sulfide) groups is 1. The Bertz CT molecular complexity index is 81.0. The molecule has 0 aliphatic rings. The van der Waals surface area contributed by atoms with Gasteiger partial charge in [0.15, 0.2) is 4.32 Å². The SMILES string of the molecule is C=NNC(=S)SC. The Morgan fingerprint density at radius 3 is 2.71 bits per heavy atom. The van der Waals surface area contributed by atoms with Crippen LogP contribution in [0, 0.1) is 0 Å². The van der Waals surface area contributed by atoms with E-state index in [0.29, 0.717) is 4.32 Å². The minimum absolute atomic E-state index is 0.648. The third-order valence-electron chi connectivity index (χ3n) is 0.356. The zero-order valence-electron chi connectivity index (χ0n) is 3.97. The highest BCUT2D eigenvalue weighted by atomic mass is 32.2. The molecule has 0 aliphatic carbocycles. The Hall–Kier alpha value is -0.0900. The lowest BCUT2D eigenvalue weighted by molar-refractivity contribution is 1.08. The summed E-state index contributed by atoms with van der Waals surface area (Å²) in [7, 11) is 0.